The number of carbonyl (C=O) groups excluding carboxylic acids is 1. The van der Waals surface area contributed by atoms with E-state index in [1.165, 1.54) is 16.3 Å². The van der Waals surface area contributed by atoms with Gasteiger partial charge in [-0.2, -0.15) is 0 Å². The second-order valence-corrected chi connectivity index (χ2v) is 9.14. The third kappa shape index (κ3) is 4.98. The summed E-state index contributed by atoms with van der Waals surface area (Å²) in [5.41, 5.74) is 2.00. The largest absolute Gasteiger partial charge is 0.497 e. The summed E-state index contributed by atoms with van der Waals surface area (Å²) < 4.78 is 11.8. The topological polar surface area (TPSA) is 42.0 Å². The zero-order chi connectivity index (χ0) is 22.6. The summed E-state index contributed by atoms with van der Waals surface area (Å²) >= 11 is 0. The lowest BCUT2D eigenvalue weighted by molar-refractivity contribution is 0.0764. The zero-order valence-corrected chi connectivity index (χ0v) is 19.3. The smallest absolute Gasteiger partial charge is 0.257 e. The highest BCUT2D eigenvalue weighted by molar-refractivity contribution is 5.97. The first kappa shape index (κ1) is 21.8. The van der Waals surface area contributed by atoms with E-state index in [0.29, 0.717) is 11.3 Å². The average Bonchev–Trinajstić information content (AvgIpc) is 3.40. The van der Waals surface area contributed by atoms with E-state index in [-0.39, 0.29) is 12.0 Å². The van der Waals surface area contributed by atoms with Crippen molar-refractivity contribution in [1.29, 1.82) is 0 Å². The monoisotopic (exact) mass is 444 g/mol. The second-order valence-electron chi connectivity index (χ2n) is 9.14. The van der Waals surface area contributed by atoms with Crippen LogP contribution in [0.4, 0.5) is 0 Å². The normalized spacial score (nSPS) is 17.4. The third-order valence-electron chi connectivity index (χ3n) is 6.86. The Morgan fingerprint density at radius 2 is 1.67 bits per heavy atom. The van der Waals surface area contributed by atoms with E-state index in [0.717, 1.165) is 64.2 Å². The van der Waals surface area contributed by atoms with Crippen LogP contribution in [0.3, 0.4) is 0 Å². The minimum atomic E-state index is 0.0684. The van der Waals surface area contributed by atoms with Gasteiger partial charge in [0.15, 0.2) is 0 Å². The lowest BCUT2D eigenvalue weighted by Crippen LogP contribution is -2.38. The fourth-order valence-electron chi connectivity index (χ4n) is 4.95. The van der Waals surface area contributed by atoms with Crippen molar-refractivity contribution in [1.82, 2.24) is 9.80 Å². The molecule has 0 radical (unpaired) electrons. The number of rotatable bonds is 6. The minimum Gasteiger partial charge on any atom is -0.497 e. The van der Waals surface area contributed by atoms with Gasteiger partial charge in [0.25, 0.3) is 5.91 Å². The molecular formula is C28H32N2O3. The van der Waals surface area contributed by atoms with Crippen LogP contribution in [0, 0.1) is 0 Å². The number of hydrogen-bond donors (Lipinski definition) is 0. The second kappa shape index (κ2) is 9.84. The zero-order valence-electron chi connectivity index (χ0n) is 19.3. The van der Waals surface area contributed by atoms with Crippen molar-refractivity contribution in [3.63, 3.8) is 0 Å². The molecule has 5 nitrogen and oxygen atoms in total. The van der Waals surface area contributed by atoms with E-state index < -0.39 is 0 Å². The molecule has 3 aromatic carbocycles. The summed E-state index contributed by atoms with van der Waals surface area (Å²) in [6.45, 7) is 4.58. The Balaban J connectivity index is 1.22. The lowest BCUT2D eigenvalue weighted by Gasteiger charge is -2.32. The van der Waals surface area contributed by atoms with Gasteiger partial charge in [-0.1, -0.05) is 36.4 Å². The summed E-state index contributed by atoms with van der Waals surface area (Å²) in [5.74, 6) is 1.44. The van der Waals surface area contributed by atoms with E-state index in [1.54, 1.807) is 7.11 Å². The predicted molar refractivity (Wildman–Crippen MR) is 131 cm³/mol. The maximum Gasteiger partial charge on any atom is 0.257 e. The first-order valence-corrected chi connectivity index (χ1v) is 12.0. The van der Waals surface area contributed by atoms with Crippen LogP contribution in [0.5, 0.6) is 11.5 Å². The van der Waals surface area contributed by atoms with Gasteiger partial charge < -0.3 is 14.4 Å². The van der Waals surface area contributed by atoms with Crippen molar-refractivity contribution in [2.75, 3.05) is 33.3 Å². The highest BCUT2D eigenvalue weighted by Gasteiger charge is 2.26. The molecule has 2 fully saturated rings. The molecule has 5 heteroatoms. The van der Waals surface area contributed by atoms with Crippen LogP contribution in [-0.2, 0) is 6.54 Å². The number of piperidine rings is 1. The number of ether oxygens (including phenoxy) is 2. The number of benzene rings is 3. The predicted octanol–water partition coefficient (Wildman–Crippen LogP) is 5.13. The fourth-order valence-corrected chi connectivity index (χ4v) is 4.95. The molecule has 0 spiro atoms. The molecule has 0 N–H and O–H groups in total. The van der Waals surface area contributed by atoms with E-state index in [1.807, 2.05) is 23.1 Å². The standard InChI is InChI=1S/C28H32N2O3/c1-32-25-10-11-26(28(31)30-14-4-5-15-30)27(19-25)33-24-12-16-29(17-13-24)20-21-8-9-22-6-2-3-7-23(22)18-21/h2-3,6-11,18-19,24H,4-5,12-17,20H2,1H3. The van der Waals surface area contributed by atoms with Crippen LogP contribution < -0.4 is 9.47 Å². The Morgan fingerprint density at radius 3 is 2.42 bits per heavy atom. The molecule has 2 aliphatic rings. The Hall–Kier alpha value is -3.05. The molecule has 0 unspecified atom stereocenters. The summed E-state index contributed by atoms with van der Waals surface area (Å²) in [6, 6.07) is 20.8. The van der Waals surface area contributed by atoms with Crippen LogP contribution in [0.15, 0.2) is 60.7 Å². The molecule has 2 heterocycles. The summed E-state index contributed by atoms with van der Waals surface area (Å²) in [5, 5.41) is 2.58. The van der Waals surface area contributed by atoms with Crippen molar-refractivity contribution in [3.8, 4) is 11.5 Å². The van der Waals surface area contributed by atoms with E-state index >= 15 is 0 Å². The van der Waals surface area contributed by atoms with Crippen LogP contribution >= 0.6 is 0 Å². The van der Waals surface area contributed by atoms with Crippen LogP contribution in [0.1, 0.15) is 41.6 Å². The van der Waals surface area contributed by atoms with Crippen molar-refractivity contribution in [2.45, 2.75) is 38.3 Å². The Kier molecular flexibility index (Phi) is 6.49. The van der Waals surface area contributed by atoms with Crippen molar-refractivity contribution in [3.05, 3.63) is 71.8 Å². The van der Waals surface area contributed by atoms with Crippen molar-refractivity contribution in [2.24, 2.45) is 0 Å². The molecule has 172 valence electrons. The summed E-state index contributed by atoms with van der Waals surface area (Å²) in [7, 11) is 1.65. The van der Waals surface area contributed by atoms with E-state index in [9.17, 15) is 4.79 Å². The molecule has 1 amide bonds. The van der Waals surface area contributed by atoms with Gasteiger partial charge in [0, 0.05) is 38.8 Å². The summed E-state index contributed by atoms with van der Waals surface area (Å²) in [6.07, 6.45) is 4.15. The molecule has 0 aliphatic carbocycles. The minimum absolute atomic E-state index is 0.0684. The van der Waals surface area contributed by atoms with Crippen molar-refractivity contribution >= 4 is 16.7 Å². The first-order chi connectivity index (χ1) is 16.2. The molecule has 0 atom stereocenters. The van der Waals surface area contributed by atoms with Crippen LogP contribution in [0.25, 0.3) is 10.8 Å². The Morgan fingerprint density at radius 1 is 0.909 bits per heavy atom. The lowest BCUT2D eigenvalue weighted by atomic mass is 10.0. The molecule has 3 aromatic rings. The Labute approximate surface area is 195 Å². The van der Waals surface area contributed by atoms with Gasteiger partial charge in [-0.3, -0.25) is 9.69 Å². The summed E-state index contributed by atoms with van der Waals surface area (Å²) in [4.78, 5) is 17.5. The number of amides is 1. The number of likely N-dealkylation sites (tertiary alicyclic amines) is 2. The van der Waals surface area contributed by atoms with Crippen LogP contribution in [-0.4, -0.2) is 55.1 Å². The first-order valence-electron chi connectivity index (χ1n) is 12.0. The van der Waals surface area contributed by atoms with Gasteiger partial charge in [-0.25, -0.2) is 0 Å². The molecular weight excluding hydrogens is 412 g/mol. The quantitative estimate of drug-likeness (QED) is 0.529. The maximum absolute atomic E-state index is 13.1. The highest BCUT2D eigenvalue weighted by atomic mass is 16.5. The fraction of sp³-hybridized carbons (Fsp3) is 0.393. The molecule has 5 rings (SSSR count). The van der Waals surface area contributed by atoms with Gasteiger partial charge >= 0.3 is 0 Å². The SMILES string of the molecule is COc1ccc(C(=O)N2CCCC2)c(OC2CCN(Cc3ccc4ccccc4c3)CC2)c1. The molecule has 2 aliphatic heterocycles. The van der Waals surface area contributed by atoms with Crippen molar-refractivity contribution < 1.29 is 14.3 Å². The molecule has 0 bridgehead atoms. The number of methoxy groups -OCH3 is 1. The van der Waals surface area contributed by atoms with Gasteiger partial charge in [-0.05, 0) is 60.2 Å². The van der Waals surface area contributed by atoms with Gasteiger partial charge in [0.2, 0.25) is 0 Å². The molecule has 33 heavy (non-hydrogen) atoms. The molecule has 0 saturated carbocycles. The average molecular weight is 445 g/mol. The highest BCUT2D eigenvalue weighted by Crippen LogP contribution is 2.30. The van der Waals surface area contributed by atoms with E-state index in [4.69, 9.17) is 9.47 Å². The molecule has 2 saturated heterocycles. The number of hydrogen-bond acceptors (Lipinski definition) is 4. The number of nitrogens with zero attached hydrogens (tertiary/aromatic N) is 2. The van der Waals surface area contributed by atoms with Gasteiger partial charge in [0.05, 0.1) is 12.7 Å². The number of carbonyl (C=O) groups is 1. The van der Waals surface area contributed by atoms with Gasteiger partial charge in [0.1, 0.15) is 17.6 Å². The molecule has 0 aromatic heterocycles. The van der Waals surface area contributed by atoms with E-state index in [2.05, 4.69) is 47.4 Å². The van der Waals surface area contributed by atoms with Gasteiger partial charge in [-0.15, -0.1) is 0 Å². The maximum atomic E-state index is 13.1. The Bertz CT molecular complexity index is 1120. The van der Waals surface area contributed by atoms with Crippen LogP contribution in [0.2, 0.25) is 0 Å². The third-order valence-corrected chi connectivity index (χ3v) is 6.86. The number of fused-ring (bicyclic) bond motifs is 1.